The molecule has 0 aliphatic heterocycles. The standard InChI is InChI=1S/C13H23N3O4/c1-8(2)7-15-10(17)5-6-14-13(20)16-11(12(18)19)9-3-4-9/h8-9,11H,3-7H2,1-2H3,(H,15,17)(H,18,19)(H2,14,16,20). The lowest BCUT2D eigenvalue weighted by molar-refractivity contribution is -0.139. The van der Waals surface area contributed by atoms with Crippen molar-refractivity contribution in [1.29, 1.82) is 0 Å². The van der Waals surface area contributed by atoms with E-state index in [9.17, 15) is 14.4 Å². The third-order valence-electron chi connectivity index (χ3n) is 2.99. The smallest absolute Gasteiger partial charge is 0.326 e. The second kappa shape index (κ2) is 7.72. The van der Waals surface area contributed by atoms with Crippen molar-refractivity contribution in [1.82, 2.24) is 16.0 Å². The fourth-order valence-electron chi connectivity index (χ4n) is 1.70. The molecule has 0 aromatic rings. The molecule has 1 atom stereocenters. The summed E-state index contributed by atoms with van der Waals surface area (Å²) in [6, 6.07) is -1.37. The van der Waals surface area contributed by atoms with Crippen LogP contribution in [-0.2, 0) is 9.59 Å². The molecule has 0 bridgehead atoms. The molecule has 7 heteroatoms. The van der Waals surface area contributed by atoms with Gasteiger partial charge >= 0.3 is 12.0 Å². The molecule has 20 heavy (non-hydrogen) atoms. The number of carboxylic acid groups (broad SMARTS) is 1. The Balaban J connectivity index is 2.16. The van der Waals surface area contributed by atoms with Crippen molar-refractivity contribution in [3.05, 3.63) is 0 Å². The van der Waals surface area contributed by atoms with Gasteiger partial charge in [0.15, 0.2) is 0 Å². The number of carboxylic acids is 1. The molecule has 0 spiro atoms. The molecule has 4 N–H and O–H groups in total. The van der Waals surface area contributed by atoms with Crippen LogP contribution < -0.4 is 16.0 Å². The second-order valence-electron chi connectivity index (χ2n) is 5.50. The molecular weight excluding hydrogens is 262 g/mol. The molecule has 0 aromatic carbocycles. The molecule has 0 heterocycles. The van der Waals surface area contributed by atoms with E-state index in [1.54, 1.807) is 0 Å². The summed E-state index contributed by atoms with van der Waals surface area (Å²) in [7, 11) is 0. The number of carbonyl (C=O) groups is 3. The lowest BCUT2D eigenvalue weighted by Crippen LogP contribution is -2.47. The van der Waals surface area contributed by atoms with Gasteiger partial charge < -0.3 is 21.1 Å². The quantitative estimate of drug-likeness (QED) is 0.515. The van der Waals surface area contributed by atoms with Gasteiger partial charge in [0, 0.05) is 19.5 Å². The third kappa shape index (κ3) is 6.40. The summed E-state index contributed by atoms with van der Waals surface area (Å²) in [5.74, 6) is -0.731. The third-order valence-corrected chi connectivity index (χ3v) is 2.99. The van der Waals surface area contributed by atoms with Gasteiger partial charge in [-0.2, -0.15) is 0 Å². The molecule has 1 aliphatic carbocycles. The van der Waals surface area contributed by atoms with Crippen molar-refractivity contribution in [2.24, 2.45) is 11.8 Å². The van der Waals surface area contributed by atoms with Gasteiger partial charge in [-0.25, -0.2) is 9.59 Å². The first-order valence-corrected chi connectivity index (χ1v) is 6.94. The van der Waals surface area contributed by atoms with Crippen molar-refractivity contribution in [2.75, 3.05) is 13.1 Å². The monoisotopic (exact) mass is 285 g/mol. The number of urea groups is 1. The van der Waals surface area contributed by atoms with Crippen LogP contribution in [0.4, 0.5) is 4.79 Å². The first-order chi connectivity index (χ1) is 9.40. The minimum atomic E-state index is -1.02. The van der Waals surface area contributed by atoms with E-state index < -0.39 is 18.0 Å². The molecule has 1 rings (SSSR count). The maximum absolute atomic E-state index is 11.5. The van der Waals surface area contributed by atoms with Gasteiger partial charge in [-0.1, -0.05) is 13.8 Å². The zero-order chi connectivity index (χ0) is 15.1. The Morgan fingerprint density at radius 3 is 2.35 bits per heavy atom. The number of hydrogen-bond donors (Lipinski definition) is 4. The van der Waals surface area contributed by atoms with E-state index in [0.717, 1.165) is 12.8 Å². The van der Waals surface area contributed by atoms with Crippen LogP contribution in [0.3, 0.4) is 0 Å². The topological polar surface area (TPSA) is 108 Å². The average molecular weight is 285 g/mol. The normalized spacial score (nSPS) is 15.6. The Morgan fingerprint density at radius 2 is 1.85 bits per heavy atom. The van der Waals surface area contributed by atoms with E-state index in [1.807, 2.05) is 13.8 Å². The summed E-state index contributed by atoms with van der Waals surface area (Å²) in [4.78, 5) is 33.9. The van der Waals surface area contributed by atoms with Crippen LogP contribution in [0.1, 0.15) is 33.1 Å². The minimum absolute atomic E-state index is 0.0348. The fourth-order valence-corrected chi connectivity index (χ4v) is 1.70. The van der Waals surface area contributed by atoms with Gasteiger partial charge in [0.05, 0.1) is 0 Å². The van der Waals surface area contributed by atoms with E-state index in [1.165, 1.54) is 0 Å². The molecule has 1 fully saturated rings. The molecule has 0 radical (unpaired) electrons. The number of hydrogen-bond acceptors (Lipinski definition) is 3. The van der Waals surface area contributed by atoms with Crippen LogP contribution in [0.2, 0.25) is 0 Å². The van der Waals surface area contributed by atoms with Gasteiger partial charge in [0.25, 0.3) is 0 Å². The van der Waals surface area contributed by atoms with Crippen molar-refractivity contribution < 1.29 is 19.5 Å². The van der Waals surface area contributed by atoms with Crippen molar-refractivity contribution in [2.45, 2.75) is 39.2 Å². The summed E-state index contributed by atoms with van der Waals surface area (Å²) in [6.07, 6.45) is 1.84. The molecule has 3 amide bonds. The second-order valence-corrected chi connectivity index (χ2v) is 5.50. The largest absolute Gasteiger partial charge is 0.480 e. The Kier molecular flexibility index (Phi) is 6.27. The fraction of sp³-hybridized carbons (Fsp3) is 0.769. The van der Waals surface area contributed by atoms with Crippen LogP contribution in [0, 0.1) is 11.8 Å². The molecule has 0 saturated heterocycles. The van der Waals surface area contributed by atoms with Gasteiger partial charge in [-0.05, 0) is 24.7 Å². The molecule has 1 aliphatic rings. The summed E-state index contributed by atoms with van der Waals surface area (Å²) in [5.41, 5.74) is 0. The number of nitrogens with one attached hydrogen (secondary N) is 3. The Morgan fingerprint density at radius 1 is 1.20 bits per heavy atom. The average Bonchev–Trinajstić information content (AvgIpc) is 3.17. The predicted octanol–water partition coefficient (Wildman–Crippen LogP) is 0.311. The molecule has 114 valence electrons. The first kappa shape index (κ1) is 16.3. The predicted molar refractivity (Wildman–Crippen MR) is 73.1 cm³/mol. The maximum atomic E-state index is 11.5. The summed E-state index contributed by atoms with van der Waals surface area (Å²) in [6.45, 7) is 4.78. The van der Waals surface area contributed by atoms with E-state index in [-0.39, 0.29) is 24.8 Å². The molecule has 7 nitrogen and oxygen atoms in total. The number of aliphatic carboxylic acids is 1. The molecule has 0 aromatic heterocycles. The zero-order valence-corrected chi connectivity index (χ0v) is 11.9. The summed E-state index contributed by atoms with van der Waals surface area (Å²) in [5, 5.41) is 16.6. The summed E-state index contributed by atoms with van der Waals surface area (Å²) >= 11 is 0. The number of carbonyl (C=O) groups excluding carboxylic acids is 2. The zero-order valence-electron chi connectivity index (χ0n) is 11.9. The van der Waals surface area contributed by atoms with Crippen molar-refractivity contribution in [3.8, 4) is 0 Å². The Bertz CT molecular complexity index is 367. The Labute approximate surface area is 118 Å². The number of rotatable bonds is 8. The molecule has 1 unspecified atom stereocenters. The lowest BCUT2D eigenvalue weighted by Gasteiger charge is -2.14. The highest BCUT2D eigenvalue weighted by atomic mass is 16.4. The van der Waals surface area contributed by atoms with E-state index in [0.29, 0.717) is 12.5 Å². The van der Waals surface area contributed by atoms with Crippen LogP contribution in [0.15, 0.2) is 0 Å². The van der Waals surface area contributed by atoms with E-state index in [2.05, 4.69) is 16.0 Å². The van der Waals surface area contributed by atoms with Crippen molar-refractivity contribution in [3.63, 3.8) is 0 Å². The van der Waals surface area contributed by atoms with Gasteiger partial charge in [-0.15, -0.1) is 0 Å². The highest BCUT2D eigenvalue weighted by molar-refractivity contribution is 5.83. The minimum Gasteiger partial charge on any atom is -0.480 e. The van der Waals surface area contributed by atoms with Crippen LogP contribution in [0.25, 0.3) is 0 Å². The first-order valence-electron chi connectivity index (χ1n) is 6.94. The van der Waals surface area contributed by atoms with Gasteiger partial charge in [-0.3, -0.25) is 4.79 Å². The van der Waals surface area contributed by atoms with Crippen LogP contribution in [-0.4, -0.2) is 42.1 Å². The maximum Gasteiger partial charge on any atom is 0.326 e. The lowest BCUT2D eigenvalue weighted by atomic mass is 10.2. The van der Waals surface area contributed by atoms with Crippen LogP contribution >= 0.6 is 0 Å². The highest BCUT2D eigenvalue weighted by Gasteiger charge is 2.37. The molecular formula is C13H23N3O4. The van der Waals surface area contributed by atoms with Crippen LogP contribution in [0.5, 0.6) is 0 Å². The van der Waals surface area contributed by atoms with E-state index >= 15 is 0 Å². The van der Waals surface area contributed by atoms with Gasteiger partial charge in [0.2, 0.25) is 5.91 Å². The molecule has 1 saturated carbocycles. The van der Waals surface area contributed by atoms with E-state index in [4.69, 9.17) is 5.11 Å². The van der Waals surface area contributed by atoms with Crippen molar-refractivity contribution >= 4 is 17.9 Å². The SMILES string of the molecule is CC(C)CNC(=O)CCNC(=O)NC(C(=O)O)C1CC1. The van der Waals surface area contributed by atoms with Gasteiger partial charge in [0.1, 0.15) is 6.04 Å². The Hall–Kier alpha value is -1.79. The highest BCUT2D eigenvalue weighted by Crippen LogP contribution is 2.32. The number of amides is 3. The summed E-state index contributed by atoms with van der Waals surface area (Å²) < 4.78 is 0.